The molecule has 1 aromatic heterocycles. The molecule has 1 aliphatic carbocycles. The Balaban J connectivity index is 1.28. The van der Waals surface area contributed by atoms with Crippen molar-refractivity contribution in [2.75, 3.05) is 13.1 Å². The molecule has 6 nitrogen and oxygen atoms in total. The number of piperidine rings is 1. The van der Waals surface area contributed by atoms with Crippen LogP contribution in [-0.4, -0.2) is 42.4 Å². The highest BCUT2D eigenvalue weighted by Crippen LogP contribution is 2.45. The summed E-state index contributed by atoms with van der Waals surface area (Å²) in [7, 11) is -3.53. The zero-order chi connectivity index (χ0) is 27.9. The van der Waals surface area contributed by atoms with Gasteiger partial charge in [-0.2, -0.15) is 9.41 Å². The van der Waals surface area contributed by atoms with E-state index in [0.29, 0.717) is 40.2 Å². The van der Waals surface area contributed by atoms with Crippen LogP contribution in [0.5, 0.6) is 0 Å². The molecule has 0 N–H and O–H groups in total. The van der Waals surface area contributed by atoms with Gasteiger partial charge in [0.25, 0.3) is 10.0 Å². The summed E-state index contributed by atoms with van der Waals surface area (Å²) < 4.78 is 27.9. The fourth-order valence-electron chi connectivity index (χ4n) is 6.00. The van der Waals surface area contributed by atoms with Crippen LogP contribution in [0.4, 0.5) is 0 Å². The summed E-state index contributed by atoms with van der Waals surface area (Å²) in [5, 5.41) is 9.81. The standard InChI is InChI=1S/C30H29Cl2N3O3S2/c31-24-10-6-20(7-11-24)19-23-3-1-4-26-28(23)33-35(29(26)21-8-12-25(32)13-9-21)30(36)22-14-16-34(17-15-22)40(37,38)27-5-2-18-39-27/h2,5-13,18-19,22,26,29H,1,3-4,14-17H2/b23-19-/t26-,29-/m1/s1. The van der Waals surface area contributed by atoms with Crippen molar-refractivity contribution in [3.8, 4) is 0 Å². The van der Waals surface area contributed by atoms with Gasteiger partial charge in [-0.3, -0.25) is 4.79 Å². The third kappa shape index (κ3) is 5.40. The number of carbonyl (C=O) groups excluding carboxylic acids is 1. The number of carbonyl (C=O) groups is 1. The van der Waals surface area contributed by atoms with Crippen molar-refractivity contribution in [1.29, 1.82) is 0 Å². The summed E-state index contributed by atoms with van der Waals surface area (Å²) in [5.74, 6) is -0.254. The molecule has 1 saturated heterocycles. The highest BCUT2D eigenvalue weighted by atomic mass is 35.5. The molecule has 3 aromatic rings. The number of hydrogen-bond acceptors (Lipinski definition) is 5. The van der Waals surface area contributed by atoms with E-state index in [1.807, 2.05) is 48.5 Å². The van der Waals surface area contributed by atoms with Gasteiger partial charge >= 0.3 is 0 Å². The molecule has 0 unspecified atom stereocenters. The van der Waals surface area contributed by atoms with Crippen molar-refractivity contribution in [2.24, 2.45) is 16.9 Å². The first kappa shape index (κ1) is 27.7. The number of allylic oxidation sites excluding steroid dienone is 1. The lowest BCUT2D eigenvalue weighted by atomic mass is 9.77. The Morgan fingerprint density at radius 1 is 0.950 bits per heavy atom. The number of thiophene rings is 1. The summed E-state index contributed by atoms with van der Waals surface area (Å²) >= 11 is 13.5. The maximum Gasteiger partial charge on any atom is 0.252 e. The molecule has 208 valence electrons. The Labute approximate surface area is 249 Å². The Morgan fingerprint density at radius 3 is 2.27 bits per heavy atom. The lowest BCUT2D eigenvalue weighted by Gasteiger charge is -2.34. The number of halogens is 2. The van der Waals surface area contributed by atoms with Gasteiger partial charge in [-0.25, -0.2) is 13.4 Å². The molecule has 1 saturated carbocycles. The number of rotatable bonds is 5. The molecule has 10 heteroatoms. The van der Waals surface area contributed by atoms with E-state index >= 15 is 0 Å². The van der Waals surface area contributed by atoms with Crippen molar-refractivity contribution in [3.63, 3.8) is 0 Å². The van der Waals surface area contributed by atoms with E-state index in [0.717, 1.165) is 41.7 Å². The van der Waals surface area contributed by atoms with E-state index in [1.54, 1.807) is 22.5 Å². The highest BCUT2D eigenvalue weighted by molar-refractivity contribution is 7.91. The van der Waals surface area contributed by atoms with E-state index in [9.17, 15) is 13.2 Å². The van der Waals surface area contributed by atoms with Crippen LogP contribution in [0.2, 0.25) is 10.0 Å². The number of nitrogens with zero attached hydrogens (tertiary/aromatic N) is 3. The number of amides is 1. The number of hydrazone groups is 1. The maximum atomic E-state index is 14.1. The molecule has 40 heavy (non-hydrogen) atoms. The maximum absolute atomic E-state index is 14.1. The molecule has 2 aliphatic heterocycles. The number of benzene rings is 2. The molecule has 0 bridgehead atoms. The molecule has 3 aliphatic rings. The topological polar surface area (TPSA) is 70.1 Å². The second-order valence-electron chi connectivity index (χ2n) is 10.5. The molecule has 2 aromatic carbocycles. The SMILES string of the molecule is O=C(C1CCN(S(=O)(=O)c2cccs2)CC1)N1N=C2/C(=C\c3ccc(Cl)cc3)CCC[C@H]2[C@H]1c1ccc(Cl)cc1. The Bertz CT molecular complexity index is 1540. The minimum absolute atomic E-state index is 0.0409. The van der Waals surface area contributed by atoms with Crippen LogP contribution in [0.25, 0.3) is 6.08 Å². The van der Waals surface area contributed by atoms with Gasteiger partial charge in [0, 0.05) is 35.0 Å². The van der Waals surface area contributed by atoms with Gasteiger partial charge in [0.05, 0.1) is 11.8 Å². The van der Waals surface area contributed by atoms with Crippen LogP contribution >= 0.6 is 34.5 Å². The first-order chi connectivity index (χ1) is 19.3. The largest absolute Gasteiger partial charge is 0.273 e. The second kappa shape index (κ2) is 11.4. The van der Waals surface area contributed by atoms with Crippen molar-refractivity contribution >= 4 is 62.3 Å². The monoisotopic (exact) mass is 613 g/mol. The minimum atomic E-state index is -3.53. The third-order valence-electron chi connectivity index (χ3n) is 8.04. The van der Waals surface area contributed by atoms with Crippen molar-refractivity contribution in [1.82, 2.24) is 9.31 Å². The van der Waals surface area contributed by atoms with Crippen LogP contribution < -0.4 is 0 Å². The highest BCUT2D eigenvalue weighted by Gasteiger charge is 2.46. The van der Waals surface area contributed by atoms with Gasteiger partial charge < -0.3 is 0 Å². The predicted octanol–water partition coefficient (Wildman–Crippen LogP) is 7.28. The molecule has 1 amide bonds. The second-order valence-corrected chi connectivity index (χ2v) is 14.5. The summed E-state index contributed by atoms with van der Waals surface area (Å²) in [4.78, 5) is 14.1. The number of fused-ring (bicyclic) bond motifs is 1. The fraction of sp³-hybridized carbons (Fsp3) is 0.333. The van der Waals surface area contributed by atoms with Gasteiger partial charge in [0.15, 0.2) is 0 Å². The van der Waals surface area contributed by atoms with Gasteiger partial charge in [0.2, 0.25) is 5.91 Å². The van der Waals surface area contributed by atoms with Crippen molar-refractivity contribution in [2.45, 2.75) is 42.4 Å². The van der Waals surface area contributed by atoms with Gasteiger partial charge in [0.1, 0.15) is 4.21 Å². The summed E-state index contributed by atoms with van der Waals surface area (Å²) in [6.07, 6.45) is 5.93. The lowest BCUT2D eigenvalue weighted by molar-refractivity contribution is -0.139. The van der Waals surface area contributed by atoms with E-state index < -0.39 is 10.0 Å². The van der Waals surface area contributed by atoms with Crippen LogP contribution in [0.3, 0.4) is 0 Å². The average Bonchev–Trinajstić information content (AvgIpc) is 3.64. The van der Waals surface area contributed by atoms with E-state index in [2.05, 4.69) is 6.08 Å². The quantitative estimate of drug-likeness (QED) is 0.303. The van der Waals surface area contributed by atoms with Crippen LogP contribution in [0.15, 0.2) is 80.9 Å². The minimum Gasteiger partial charge on any atom is -0.273 e. The molecule has 3 heterocycles. The van der Waals surface area contributed by atoms with Crippen LogP contribution in [0.1, 0.15) is 49.3 Å². The van der Waals surface area contributed by atoms with Gasteiger partial charge in [-0.05, 0) is 90.6 Å². The average molecular weight is 615 g/mol. The third-order valence-corrected chi connectivity index (χ3v) is 11.8. The first-order valence-corrected chi connectivity index (χ1v) is 16.6. The smallest absolute Gasteiger partial charge is 0.252 e. The predicted molar refractivity (Wildman–Crippen MR) is 161 cm³/mol. The summed E-state index contributed by atoms with van der Waals surface area (Å²) in [6, 6.07) is 18.6. The van der Waals surface area contributed by atoms with Crippen LogP contribution in [0, 0.1) is 11.8 Å². The molecule has 2 fully saturated rings. The normalized spacial score (nSPS) is 23.3. The molecule has 2 atom stereocenters. The lowest BCUT2D eigenvalue weighted by Crippen LogP contribution is -2.43. The summed E-state index contributed by atoms with van der Waals surface area (Å²) in [6.45, 7) is 0.635. The van der Waals surface area contributed by atoms with Gasteiger partial charge in [-0.15, -0.1) is 11.3 Å². The molecule has 0 spiro atoms. The van der Waals surface area contributed by atoms with E-state index in [-0.39, 0.29) is 23.8 Å². The molecule has 0 radical (unpaired) electrons. The van der Waals surface area contributed by atoms with Crippen LogP contribution in [-0.2, 0) is 14.8 Å². The fourth-order valence-corrected chi connectivity index (χ4v) is 8.87. The zero-order valence-electron chi connectivity index (χ0n) is 21.7. The zero-order valence-corrected chi connectivity index (χ0v) is 24.9. The van der Waals surface area contributed by atoms with E-state index in [4.69, 9.17) is 28.3 Å². The number of hydrogen-bond donors (Lipinski definition) is 0. The Morgan fingerprint density at radius 2 is 1.62 bits per heavy atom. The van der Waals surface area contributed by atoms with Crippen molar-refractivity contribution in [3.05, 3.63) is 92.8 Å². The summed E-state index contributed by atoms with van der Waals surface area (Å²) in [5.41, 5.74) is 4.17. The van der Waals surface area contributed by atoms with Gasteiger partial charge in [-0.1, -0.05) is 53.5 Å². The Kier molecular flexibility index (Phi) is 7.90. The molecular weight excluding hydrogens is 585 g/mol. The first-order valence-electron chi connectivity index (χ1n) is 13.5. The Hall–Kier alpha value is -2.49. The molecular formula is C30H29Cl2N3O3S2. The van der Waals surface area contributed by atoms with E-state index in [1.165, 1.54) is 15.6 Å². The number of sulfonamides is 1. The molecule has 6 rings (SSSR count). The van der Waals surface area contributed by atoms with Crippen molar-refractivity contribution < 1.29 is 13.2 Å².